The summed E-state index contributed by atoms with van der Waals surface area (Å²) in [7, 11) is 1.82. The lowest BCUT2D eigenvalue weighted by molar-refractivity contribution is 0.173. The van der Waals surface area contributed by atoms with Crippen LogP contribution in [0.5, 0.6) is 0 Å². The zero-order valence-electron chi connectivity index (χ0n) is 18.4. The van der Waals surface area contributed by atoms with E-state index in [-0.39, 0.29) is 24.0 Å². The van der Waals surface area contributed by atoms with Gasteiger partial charge < -0.3 is 10.6 Å². The van der Waals surface area contributed by atoms with Crippen LogP contribution in [0.25, 0.3) is 5.69 Å². The van der Waals surface area contributed by atoms with E-state index in [2.05, 4.69) is 71.6 Å². The van der Waals surface area contributed by atoms with Crippen LogP contribution in [0.4, 0.5) is 0 Å². The van der Waals surface area contributed by atoms with Gasteiger partial charge in [-0.15, -0.1) is 24.0 Å². The number of hydrogen-bond acceptors (Lipinski definition) is 3. The highest BCUT2D eigenvalue weighted by Crippen LogP contribution is 2.08. The summed E-state index contributed by atoms with van der Waals surface area (Å²) in [6.07, 6.45) is 6.01. The number of aromatic nitrogens is 2. The molecule has 0 bridgehead atoms. The Morgan fingerprint density at radius 2 is 1.72 bits per heavy atom. The zero-order chi connectivity index (χ0) is 20.4. The molecule has 1 aromatic carbocycles. The number of nitrogens with zero attached hydrogens (tertiary/aromatic N) is 4. The van der Waals surface area contributed by atoms with Crippen LogP contribution in [0.3, 0.4) is 0 Å². The lowest BCUT2D eigenvalue weighted by atomic mass is 10.2. The fourth-order valence-electron chi connectivity index (χ4n) is 3.34. The van der Waals surface area contributed by atoms with Crippen LogP contribution in [0.1, 0.15) is 39.7 Å². The molecule has 0 saturated carbocycles. The molecule has 0 amide bonds. The second-order valence-corrected chi connectivity index (χ2v) is 7.58. The average molecular weight is 512 g/mol. The Bertz CT molecular complexity index is 703. The fourth-order valence-corrected chi connectivity index (χ4v) is 3.34. The Morgan fingerprint density at radius 3 is 2.34 bits per heavy atom. The van der Waals surface area contributed by atoms with Gasteiger partial charge in [0.1, 0.15) is 0 Å². The van der Waals surface area contributed by atoms with E-state index in [1.807, 2.05) is 36.1 Å². The number of nitrogens with one attached hydrogen (secondary N) is 2. The molecular formula is C22H37IN6. The molecule has 0 aliphatic heterocycles. The molecule has 0 aliphatic carbocycles. The minimum Gasteiger partial charge on any atom is -0.356 e. The van der Waals surface area contributed by atoms with Crippen molar-refractivity contribution in [2.75, 3.05) is 26.7 Å². The van der Waals surface area contributed by atoms with Crippen molar-refractivity contribution in [1.82, 2.24) is 25.3 Å². The summed E-state index contributed by atoms with van der Waals surface area (Å²) in [5, 5.41) is 11.2. The molecule has 7 heteroatoms. The smallest absolute Gasteiger partial charge is 0.190 e. The van der Waals surface area contributed by atoms with Crippen LogP contribution in [0, 0.1) is 0 Å². The molecule has 1 aromatic heterocycles. The number of hydrogen-bond donors (Lipinski definition) is 2. The van der Waals surface area contributed by atoms with E-state index in [1.165, 1.54) is 5.56 Å². The van der Waals surface area contributed by atoms with E-state index in [0.717, 1.165) is 44.1 Å². The molecule has 2 N–H and O–H groups in total. The Balaban J connectivity index is 0.00000420. The first-order chi connectivity index (χ1) is 13.5. The van der Waals surface area contributed by atoms with E-state index in [9.17, 15) is 0 Å². The summed E-state index contributed by atoms with van der Waals surface area (Å²) in [4.78, 5) is 6.84. The van der Waals surface area contributed by atoms with E-state index in [1.54, 1.807) is 0 Å². The van der Waals surface area contributed by atoms with Crippen LogP contribution in [0.2, 0.25) is 0 Å². The van der Waals surface area contributed by atoms with Gasteiger partial charge in [-0.05, 0) is 58.2 Å². The third-order valence-corrected chi connectivity index (χ3v) is 4.80. The van der Waals surface area contributed by atoms with Crippen LogP contribution in [0.15, 0.2) is 47.7 Å². The van der Waals surface area contributed by atoms with Crippen molar-refractivity contribution in [2.24, 2.45) is 4.99 Å². The van der Waals surface area contributed by atoms with Gasteiger partial charge in [-0.3, -0.25) is 9.89 Å². The maximum atomic E-state index is 4.45. The monoisotopic (exact) mass is 512 g/mol. The summed E-state index contributed by atoms with van der Waals surface area (Å²) in [5.74, 6) is 0.857. The van der Waals surface area contributed by atoms with Crippen LogP contribution >= 0.6 is 24.0 Å². The average Bonchev–Trinajstić information content (AvgIpc) is 3.15. The fraction of sp³-hybridized carbons (Fsp3) is 0.545. The number of guanidine groups is 1. The predicted octanol–water partition coefficient (Wildman–Crippen LogP) is 3.71. The van der Waals surface area contributed by atoms with Gasteiger partial charge in [-0.2, -0.15) is 5.10 Å². The van der Waals surface area contributed by atoms with E-state index in [0.29, 0.717) is 12.1 Å². The van der Waals surface area contributed by atoms with E-state index < -0.39 is 0 Å². The number of benzene rings is 1. The molecule has 29 heavy (non-hydrogen) atoms. The highest BCUT2D eigenvalue weighted by atomic mass is 127. The zero-order valence-corrected chi connectivity index (χ0v) is 20.8. The van der Waals surface area contributed by atoms with E-state index >= 15 is 0 Å². The third kappa shape index (κ3) is 8.74. The molecule has 0 spiro atoms. The lowest BCUT2D eigenvalue weighted by Crippen LogP contribution is -2.41. The molecule has 0 atom stereocenters. The number of aliphatic imine (C=N–C) groups is 1. The third-order valence-electron chi connectivity index (χ3n) is 4.80. The highest BCUT2D eigenvalue weighted by molar-refractivity contribution is 14.0. The molecule has 0 fully saturated rings. The van der Waals surface area contributed by atoms with Gasteiger partial charge in [0.05, 0.1) is 11.9 Å². The SMILES string of the molecule is CN=C(NCCCN(C(C)C)C(C)C)NCCc1cnn(-c2ccccc2)c1.I. The van der Waals surface area contributed by atoms with Gasteiger partial charge in [-0.1, -0.05) is 18.2 Å². The van der Waals surface area contributed by atoms with Crippen molar-refractivity contribution in [3.8, 4) is 5.69 Å². The van der Waals surface area contributed by atoms with Crippen molar-refractivity contribution < 1.29 is 0 Å². The van der Waals surface area contributed by atoms with Crippen molar-refractivity contribution in [2.45, 2.75) is 52.6 Å². The summed E-state index contributed by atoms with van der Waals surface area (Å²) < 4.78 is 1.91. The van der Waals surface area contributed by atoms with Crippen molar-refractivity contribution >= 4 is 29.9 Å². The number of para-hydroxylation sites is 1. The van der Waals surface area contributed by atoms with Crippen LogP contribution in [-0.2, 0) is 6.42 Å². The Kier molecular flexibility index (Phi) is 11.9. The van der Waals surface area contributed by atoms with Crippen molar-refractivity contribution in [3.05, 3.63) is 48.3 Å². The van der Waals surface area contributed by atoms with E-state index in [4.69, 9.17) is 0 Å². The molecule has 0 radical (unpaired) electrons. The maximum Gasteiger partial charge on any atom is 0.190 e. The predicted molar refractivity (Wildman–Crippen MR) is 134 cm³/mol. The summed E-state index contributed by atoms with van der Waals surface area (Å²) in [6.45, 7) is 11.9. The Hall–Kier alpha value is -1.61. The standard InChI is InChI=1S/C22H36N6.HI/c1-18(2)27(19(3)4)15-9-13-24-22(23-5)25-14-12-20-16-26-28(17-20)21-10-7-6-8-11-21;/h6-8,10-11,16-19H,9,12-15H2,1-5H3,(H2,23,24,25);1H. The normalized spacial score (nSPS) is 11.8. The highest BCUT2D eigenvalue weighted by Gasteiger charge is 2.12. The lowest BCUT2D eigenvalue weighted by Gasteiger charge is -2.30. The molecule has 2 aromatic rings. The molecular weight excluding hydrogens is 475 g/mol. The Morgan fingerprint density at radius 1 is 1.07 bits per heavy atom. The Labute approximate surface area is 193 Å². The second kappa shape index (κ2) is 13.6. The van der Waals surface area contributed by atoms with Gasteiger partial charge in [0.2, 0.25) is 0 Å². The molecule has 2 rings (SSSR count). The van der Waals surface area contributed by atoms with Gasteiger partial charge in [-0.25, -0.2) is 4.68 Å². The quantitative estimate of drug-likeness (QED) is 0.221. The molecule has 0 aliphatic rings. The molecule has 162 valence electrons. The molecule has 6 nitrogen and oxygen atoms in total. The topological polar surface area (TPSA) is 57.5 Å². The maximum absolute atomic E-state index is 4.45. The summed E-state index contributed by atoms with van der Waals surface area (Å²) in [5.41, 5.74) is 2.28. The molecule has 0 saturated heterocycles. The summed E-state index contributed by atoms with van der Waals surface area (Å²) >= 11 is 0. The first-order valence-corrected chi connectivity index (χ1v) is 10.3. The van der Waals surface area contributed by atoms with Gasteiger partial charge in [0, 0.05) is 45.0 Å². The van der Waals surface area contributed by atoms with Gasteiger partial charge >= 0.3 is 0 Å². The number of halogens is 1. The number of rotatable bonds is 10. The van der Waals surface area contributed by atoms with Crippen LogP contribution in [-0.4, -0.2) is 59.4 Å². The van der Waals surface area contributed by atoms with Crippen LogP contribution < -0.4 is 10.6 Å². The van der Waals surface area contributed by atoms with Gasteiger partial charge in [0.15, 0.2) is 5.96 Å². The molecule has 0 unspecified atom stereocenters. The van der Waals surface area contributed by atoms with Crippen molar-refractivity contribution in [3.63, 3.8) is 0 Å². The minimum atomic E-state index is 0. The largest absolute Gasteiger partial charge is 0.356 e. The second-order valence-electron chi connectivity index (χ2n) is 7.58. The van der Waals surface area contributed by atoms with Crippen molar-refractivity contribution in [1.29, 1.82) is 0 Å². The van der Waals surface area contributed by atoms with Gasteiger partial charge in [0.25, 0.3) is 0 Å². The first-order valence-electron chi connectivity index (χ1n) is 10.3. The first kappa shape index (κ1) is 25.4. The minimum absolute atomic E-state index is 0. The summed E-state index contributed by atoms with van der Waals surface area (Å²) in [6, 6.07) is 11.3. The molecule has 1 heterocycles.